The molecule has 0 saturated carbocycles. The normalized spacial score (nSPS) is 15.4. The second kappa shape index (κ2) is 9.13. The monoisotopic (exact) mass is 314 g/mol. The van der Waals surface area contributed by atoms with E-state index in [1.807, 2.05) is 37.3 Å². The van der Waals surface area contributed by atoms with E-state index >= 15 is 0 Å². The van der Waals surface area contributed by atoms with Crippen molar-refractivity contribution < 1.29 is 9.59 Å². The molecule has 1 aromatic carbocycles. The number of rotatable bonds is 6. The number of amides is 2. The Morgan fingerprint density at radius 3 is 2.52 bits per heavy atom. The molecule has 2 N–H and O–H groups in total. The number of allylic oxidation sites excluding steroid dienone is 1. The molecule has 1 atom stereocenters. The van der Waals surface area contributed by atoms with Crippen molar-refractivity contribution >= 4 is 11.8 Å². The maximum absolute atomic E-state index is 11.8. The minimum atomic E-state index is -0.551. The first-order valence-electron chi connectivity index (χ1n) is 8.45. The summed E-state index contributed by atoms with van der Waals surface area (Å²) in [6, 6.07) is 9.95. The molecule has 0 aromatic heterocycles. The zero-order valence-electron chi connectivity index (χ0n) is 13.8. The van der Waals surface area contributed by atoms with Gasteiger partial charge in [0.15, 0.2) is 0 Å². The van der Waals surface area contributed by atoms with Crippen molar-refractivity contribution in [2.45, 2.75) is 44.9 Å². The van der Waals surface area contributed by atoms with Crippen LogP contribution in [0.25, 0.3) is 0 Å². The van der Waals surface area contributed by atoms with Gasteiger partial charge in [-0.25, -0.2) is 0 Å². The third-order valence-electron chi connectivity index (χ3n) is 4.26. The molecule has 124 valence electrons. The fourth-order valence-corrected chi connectivity index (χ4v) is 2.77. The van der Waals surface area contributed by atoms with Crippen LogP contribution in [0.2, 0.25) is 0 Å². The van der Waals surface area contributed by atoms with E-state index in [0.717, 1.165) is 24.8 Å². The van der Waals surface area contributed by atoms with Gasteiger partial charge in [-0.15, -0.1) is 0 Å². The summed E-state index contributed by atoms with van der Waals surface area (Å²) in [6.07, 6.45) is 7.87. The van der Waals surface area contributed by atoms with Gasteiger partial charge in [0, 0.05) is 13.1 Å². The van der Waals surface area contributed by atoms with E-state index in [9.17, 15) is 9.59 Å². The second-order valence-corrected chi connectivity index (χ2v) is 6.14. The van der Waals surface area contributed by atoms with Crippen molar-refractivity contribution in [1.29, 1.82) is 0 Å². The lowest BCUT2D eigenvalue weighted by Crippen LogP contribution is -2.41. The number of benzene rings is 1. The molecular formula is C19H26N2O2. The molecule has 0 aliphatic heterocycles. The predicted octanol–water partition coefficient (Wildman–Crippen LogP) is 2.91. The van der Waals surface area contributed by atoms with Crippen LogP contribution >= 0.6 is 0 Å². The van der Waals surface area contributed by atoms with Gasteiger partial charge in [0.2, 0.25) is 0 Å². The van der Waals surface area contributed by atoms with Crippen molar-refractivity contribution in [2.24, 2.45) is 0 Å². The van der Waals surface area contributed by atoms with Crippen LogP contribution in [0.3, 0.4) is 0 Å². The summed E-state index contributed by atoms with van der Waals surface area (Å²) in [6.45, 7) is 3.02. The highest BCUT2D eigenvalue weighted by Gasteiger charge is 2.14. The summed E-state index contributed by atoms with van der Waals surface area (Å²) in [5.74, 6) is -0.910. The highest BCUT2D eigenvalue weighted by atomic mass is 16.2. The minimum Gasteiger partial charge on any atom is -0.348 e. The first kappa shape index (κ1) is 17.3. The standard InChI is InChI=1S/C19H26N2O2/c1-15(17-10-6-3-7-11-17)14-21-19(23)18(22)20-13-12-16-8-4-2-5-9-16/h3,6-8,10-11,15H,2,4-5,9,12-14H2,1H3,(H,20,22)(H,21,23)/t15-/m1/s1. The van der Waals surface area contributed by atoms with E-state index in [1.54, 1.807) is 0 Å². The first-order valence-corrected chi connectivity index (χ1v) is 8.45. The average molecular weight is 314 g/mol. The van der Waals surface area contributed by atoms with Gasteiger partial charge in [0.25, 0.3) is 0 Å². The van der Waals surface area contributed by atoms with E-state index < -0.39 is 11.8 Å². The van der Waals surface area contributed by atoms with Crippen LogP contribution in [0.15, 0.2) is 42.0 Å². The molecule has 0 bridgehead atoms. The van der Waals surface area contributed by atoms with E-state index in [4.69, 9.17) is 0 Å². The number of hydrogen-bond donors (Lipinski definition) is 2. The quantitative estimate of drug-likeness (QED) is 0.626. The highest BCUT2D eigenvalue weighted by molar-refractivity contribution is 6.35. The Hall–Kier alpha value is -2.10. The summed E-state index contributed by atoms with van der Waals surface area (Å²) < 4.78 is 0. The van der Waals surface area contributed by atoms with Gasteiger partial charge >= 0.3 is 11.8 Å². The molecule has 0 unspecified atom stereocenters. The zero-order valence-corrected chi connectivity index (χ0v) is 13.8. The lowest BCUT2D eigenvalue weighted by Gasteiger charge is -2.14. The van der Waals surface area contributed by atoms with E-state index in [1.165, 1.54) is 18.4 Å². The maximum Gasteiger partial charge on any atom is 0.309 e. The van der Waals surface area contributed by atoms with Crippen LogP contribution < -0.4 is 10.6 Å². The Labute approximate surface area is 138 Å². The Morgan fingerprint density at radius 1 is 1.09 bits per heavy atom. The van der Waals surface area contributed by atoms with Crippen LogP contribution in [-0.4, -0.2) is 24.9 Å². The topological polar surface area (TPSA) is 58.2 Å². The molecular weight excluding hydrogens is 288 g/mol. The molecule has 0 spiro atoms. The summed E-state index contributed by atoms with van der Waals surface area (Å²) in [7, 11) is 0. The highest BCUT2D eigenvalue weighted by Crippen LogP contribution is 2.19. The molecule has 1 aliphatic rings. The molecule has 0 heterocycles. The molecule has 23 heavy (non-hydrogen) atoms. The van der Waals surface area contributed by atoms with Crippen LogP contribution in [0.1, 0.15) is 50.5 Å². The fraction of sp³-hybridized carbons (Fsp3) is 0.474. The lowest BCUT2D eigenvalue weighted by atomic mass is 9.97. The Balaban J connectivity index is 1.66. The Bertz CT molecular complexity index is 552. The molecule has 1 aliphatic carbocycles. The molecule has 0 fully saturated rings. The molecule has 4 nitrogen and oxygen atoms in total. The summed E-state index contributed by atoms with van der Waals surface area (Å²) in [5, 5.41) is 5.40. The molecule has 2 rings (SSSR count). The Morgan fingerprint density at radius 2 is 1.83 bits per heavy atom. The van der Waals surface area contributed by atoms with Crippen molar-refractivity contribution in [3.63, 3.8) is 0 Å². The molecule has 0 saturated heterocycles. The smallest absolute Gasteiger partial charge is 0.309 e. The summed E-state index contributed by atoms with van der Waals surface area (Å²) in [5.41, 5.74) is 2.55. The SMILES string of the molecule is C[C@H](CNC(=O)C(=O)NCCC1=CCCCC1)c1ccccc1. The van der Waals surface area contributed by atoms with Crippen LogP contribution in [0.4, 0.5) is 0 Å². The predicted molar refractivity (Wildman–Crippen MR) is 92.0 cm³/mol. The first-order chi connectivity index (χ1) is 11.2. The number of hydrogen-bond acceptors (Lipinski definition) is 2. The summed E-state index contributed by atoms with van der Waals surface area (Å²) in [4.78, 5) is 23.6. The van der Waals surface area contributed by atoms with Gasteiger partial charge in [0.05, 0.1) is 0 Å². The van der Waals surface area contributed by atoms with Gasteiger partial charge in [0.1, 0.15) is 0 Å². The van der Waals surface area contributed by atoms with Crippen LogP contribution in [0, 0.1) is 0 Å². The number of carbonyl (C=O) groups is 2. The minimum absolute atomic E-state index is 0.181. The zero-order chi connectivity index (χ0) is 16.5. The van der Waals surface area contributed by atoms with E-state index in [0.29, 0.717) is 13.1 Å². The van der Waals surface area contributed by atoms with E-state index in [2.05, 4.69) is 16.7 Å². The average Bonchev–Trinajstić information content (AvgIpc) is 2.61. The van der Waals surface area contributed by atoms with Crippen molar-refractivity contribution in [3.05, 3.63) is 47.5 Å². The van der Waals surface area contributed by atoms with Gasteiger partial charge in [-0.1, -0.05) is 48.9 Å². The molecule has 0 radical (unpaired) electrons. The van der Waals surface area contributed by atoms with Gasteiger partial charge in [-0.05, 0) is 43.6 Å². The third kappa shape index (κ3) is 5.89. The maximum atomic E-state index is 11.8. The van der Waals surface area contributed by atoms with Crippen molar-refractivity contribution in [3.8, 4) is 0 Å². The lowest BCUT2D eigenvalue weighted by molar-refractivity contribution is -0.139. The number of nitrogens with one attached hydrogen (secondary N) is 2. The third-order valence-corrected chi connectivity index (χ3v) is 4.26. The van der Waals surface area contributed by atoms with Crippen molar-refractivity contribution in [1.82, 2.24) is 10.6 Å². The van der Waals surface area contributed by atoms with E-state index in [-0.39, 0.29) is 5.92 Å². The number of carbonyl (C=O) groups excluding carboxylic acids is 2. The largest absolute Gasteiger partial charge is 0.348 e. The van der Waals surface area contributed by atoms with Gasteiger partial charge in [-0.2, -0.15) is 0 Å². The van der Waals surface area contributed by atoms with Crippen LogP contribution in [-0.2, 0) is 9.59 Å². The molecule has 4 heteroatoms. The molecule has 2 amide bonds. The Kier molecular flexibility index (Phi) is 6.85. The molecule has 1 aromatic rings. The summed E-state index contributed by atoms with van der Waals surface area (Å²) >= 11 is 0. The van der Waals surface area contributed by atoms with Crippen LogP contribution in [0.5, 0.6) is 0 Å². The van der Waals surface area contributed by atoms with Crippen molar-refractivity contribution in [2.75, 3.05) is 13.1 Å². The van der Waals surface area contributed by atoms with Gasteiger partial charge < -0.3 is 10.6 Å². The van der Waals surface area contributed by atoms with Gasteiger partial charge in [-0.3, -0.25) is 9.59 Å². The second-order valence-electron chi connectivity index (χ2n) is 6.14. The fourth-order valence-electron chi connectivity index (χ4n) is 2.77.